The summed E-state index contributed by atoms with van der Waals surface area (Å²) >= 11 is 0. The molecule has 0 saturated heterocycles. The molecule has 0 aromatic heterocycles. The second kappa shape index (κ2) is 5.48. The number of carbonyl (C=O) groups is 2. The zero-order valence-electron chi connectivity index (χ0n) is 12.1. The smallest absolute Gasteiger partial charge is 0.340 e. The van der Waals surface area contributed by atoms with Crippen molar-refractivity contribution in [3.63, 3.8) is 0 Å². The van der Waals surface area contributed by atoms with Crippen molar-refractivity contribution in [1.82, 2.24) is 0 Å². The Labute approximate surface area is 127 Å². The maximum atomic E-state index is 12.6. The predicted octanol–water partition coefficient (Wildman–Crippen LogP) is 3.02. The van der Waals surface area contributed by atoms with Gasteiger partial charge in [0.15, 0.2) is 6.10 Å². The number of fused-ring (bicyclic) bond motifs is 2. The van der Waals surface area contributed by atoms with E-state index >= 15 is 0 Å². The van der Waals surface area contributed by atoms with E-state index in [0.717, 1.165) is 21.5 Å². The number of primary amides is 1. The number of rotatable bonds is 3. The summed E-state index contributed by atoms with van der Waals surface area (Å²) in [6.45, 7) is 1.47. The molecule has 2 N–H and O–H groups in total. The zero-order valence-corrected chi connectivity index (χ0v) is 12.1. The van der Waals surface area contributed by atoms with Gasteiger partial charge in [-0.3, -0.25) is 4.79 Å². The van der Waals surface area contributed by atoms with E-state index in [1.807, 2.05) is 54.6 Å². The molecule has 1 amide bonds. The van der Waals surface area contributed by atoms with Gasteiger partial charge in [-0.05, 0) is 34.5 Å². The fraction of sp³-hybridized carbons (Fsp3) is 0.111. The molecule has 1 atom stereocenters. The molecule has 0 heterocycles. The summed E-state index contributed by atoms with van der Waals surface area (Å²) in [6.07, 6.45) is -0.967. The Morgan fingerprint density at radius 1 is 0.955 bits per heavy atom. The van der Waals surface area contributed by atoms with E-state index in [1.54, 1.807) is 0 Å². The SMILES string of the molecule is C[C@@H](OC(=O)c1c2ccccc2cc2ccccc12)C(N)=O. The highest BCUT2D eigenvalue weighted by Crippen LogP contribution is 2.29. The summed E-state index contributed by atoms with van der Waals surface area (Å²) < 4.78 is 5.20. The van der Waals surface area contributed by atoms with Gasteiger partial charge in [0.1, 0.15) is 0 Å². The van der Waals surface area contributed by atoms with Crippen molar-refractivity contribution >= 4 is 33.4 Å². The largest absolute Gasteiger partial charge is 0.449 e. The first-order valence-electron chi connectivity index (χ1n) is 6.98. The lowest BCUT2D eigenvalue weighted by molar-refractivity contribution is -0.125. The zero-order chi connectivity index (χ0) is 15.7. The Kier molecular flexibility index (Phi) is 3.51. The Morgan fingerprint density at radius 2 is 1.45 bits per heavy atom. The average molecular weight is 293 g/mol. The van der Waals surface area contributed by atoms with E-state index in [4.69, 9.17) is 10.5 Å². The molecule has 110 valence electrons. The van der Waals surface area contributed by atoms with Crippen LogP contribution in [0, 0.1) is 0 Å². The number of carbonyl (C=O) groups excluding carboxylic acids is 2. The Balaban J connectivity index is 2.24. The van der Waals surface area contributed by atoms with Crippen LogP contribution >= 0.6 is 0 Å². The quantitative estimate of drug-likeness (QED) is 0.596. The van der Waals surface area contributed by atoms with Gasteiger partial charge in [0.2, 0.25) is 0 Å². The van der Waals surface area contributed by atoms with Crippen molar-refractivity contribution < 1.29 is 14.3 Å². The molecule has 0 aliphatic carbocycles. The molecule has 0 fully saturated rings. The van der Waals surface area contributed by atoms with E-state index in [0.29, 0.717) is 5.56 Å². The summed E-state index contributed by atoms with van der Waals surface area (Å²) in [6, 6.07) is 17.2. The number of benzene rings is 3. The van der Waals surface area contributed by atoms with Crippen LogP contribution in [0.25, 0.3) is 21.5 Å². The van der Waals surface area contributed by atoms with Gasteiger partial charge in [-0.1, -0.05) is 48.5 Å². The highest BCUT2D eigenvalue weighted by atomic mass is 16.5. The Bertz CT molecular complexity index is 832. The molecule has 3 aromatic carbocycles. The molecule has 3 aromatic rings. The third-order valence-corrected chi connectivity index (χ3v) is 3.66. The monoisotopic (exact) mass is 293 g/mol. The first kappa shape index (κ1) is 14.1. The molecule has 0 saturated carbocycles. The Morgan fingerprint density at radius 3 is 1.95 bits per heavy atom. The summed E-state index contributed by atoms with van der Waals surface area (Å²) in [5.74, 6) is -1.21. The van der Waals surface area contributed by atoms with Crippen LogP contribution in [0.5, 0.6) is 0 Å². The lowest BCUT2D eigenvalue weighted by Crippen LogP contribution is -2.30. The van der Waals surface area contributed by atoms with Crippen LogP contribution < -0.4 is 5.73 Å². The van der Waals surface area contributed by atoms with Crippen molar-refractivity contribution in [2.45, 2.75) is 13.0 Å². The highest BCUT2D eigenvalue weighted by molar-refractivity contribution is 6.16. The number of hydrogen-bond donors (Lipinski definition) is 1. The molecule has 0 bridgehead atoms. The van der Waals surface area contributed by atoms with Gasteiger partial charge < -0.3 is 10.5 Å². The fourth-order valence-electron chi connectivity index (χ4n) is 2.51. The lowest BCUT2D eigenvalue weighted by Gasteiger charge is -2.13. The van der Waals surface area contributed by atoms with E-state index in [9.17, 15) is 9.59 Å². The van der Waals surface area contributed by atoms with Gasteiger partial charge in [-0.15, -0.1) is 0 Å². The molecular formula is C18H15NO3. The minimum atomic E-state index is -0.967. The number of amides is 1. The van der Waals surface area contributed by atoms with Crippen LogP contribution in [0.4, 0.5) is 0 Å². The van der Waals surface area contributed by atoms with Crippen LogP contribution in [0.3, 0.4) is 0 Å². The minimum absolute atomic E-state index is 0.460. The third-order valence-electron chi connectivity index (χ3n) is 3.66. The van der Waals surface area contributed by atoms with E-state index < -0.39 is 18.0 Å². The van der Waals surface area contributed by atoms with Crippen molar-refractivity contribution in [2.75, 3.05) is 0 Å². The van der Waals surface area contributed by atoms with Crippen molar-refractivity contribution in [3.05, 3.63) is 60.2 Å². The van der Waals surface area contributed by atoms with Gasteiger partial charge in [0, 0.05) is 0 Å². The summed E-state index contributed by atoms with van der Waals surface area (Å²) in [5.41, 5.74) is 5.63. The van der Waals surface area contributed by atoms with Crippen LogP contribution in [0.1, 0.15) is 17.3 Å². The van der Waals surface area contributed by atoms with E-state index in [-0.39, 0.29) is 0 Å². The van der Waals surface area contributed by atoms with Crippen molar-refractivity contribution in [1.29, 1.82) is 0 Å². The Hall–Kier alpha value is -2.88. The molecule has 0 spiro atoms. The van der Waals surface area contributed by atoms with Gasteiger partial charge >= 0.3 is 5.97 Å². The molecule has 0 aliphatic rings. The normalized spacial score (nSPS) is 12.2. The first-order valence-corrected chi connectivity index (χ1v) is 6.98. The number of ether oxygens (including phenoxy) is 1. The maximum absolute atomic E-state index is 12.6. The van der Waals surface area contributed by atoms with Gasteiger partial charge in [-0.25, -0.2) is 4.79 Å². The van der Waals surface area contributed by atoms with Crippen LogP contribution in [0.15, 0.2) is 54.6 Å². The van der Waals surface area contributed by atoms with Crippen LogP contribution in [-0.4, -0.2) is 18.0 Å². The average Bonchev–Trinajstić information content (AvgIpc) is 2.52. The van der Waals surface area contributed by atoms with Crippen molar-refractivity contribution in [2.24, 2.45) is 5.73 Å². The lowest BCUT2D eigenvalue weighted by atomic mass is 9.97. The summed E-state index contributed by atoms with van der Waals surface area (Å²) in [5, 5.41) is 3.48. The number of nitrogens with two attached hydrogens (primary N) is 1. The molecule has 4 nitrogen and oxygen atoms in total. The van der Waals surface area contributed by atoms with Crippen LogP contribution in [0.2, 0.25) is 0 Å². The minimum Gasteiger partial charge on any atom is -0.449 e. The molecule has 4 heteroatoms. The second-order valence-corrected chi connectivity index (χ2v) is 5.14. The number of esters is 1. The molecule has 3 rings (SSSR count). The van der Waals surface area contributed by atoms with Gasteiger partial charge in [0.05, 0.1) is 5.56 Å². The van der Waals surface area contributed by atoms with Crippen molar-refractivity contribution in [3.8, 4) is 0 Å². The van der Waals surface area contributed by atoms with Crippen LogP contribution in [-0.2, 0) is 9.53 Å². The summed E-state index contributed by atoms with van der Waals surface area (Å²) in [4.78, 5) is 23.7. The maximum Gasteiger partial charge on any atom is 0.340 e. The van der Waals surface area contributed by atoms with E-state index in [2.05, 4.69) is 0 Å². The highest BCUT2D eigenvalue weighted by Gasteiger charge is 2.20. The molecular weight excluding hydrogens is 278 g/mol. The second-order valence-electron chi connectivity index (χ2n) is 5.14. The van der Waals surface area contributed by atoms with E-state index in [1.165, 1.54) is 6.92 Å². The van der Waals surface area contributed by atoms with Gasteiger partial charge in [-0.2, -0.15) is 0 Å². The summed E-state index contributed by atoms with van der Waals surface area (Å²) in [7, 11) is 0. The molecule has 0 radical (unpaired) electrons. The third kappa shape index (κ3) is 2.39. The number of hydrogen-bond acceptors (Lipinski definition) is 3. The topological polar surface area (TPSA) is 69.4 Å². The molecule has 0 aliphatic heterocycles. The standard InChI is InChI=1S/C18H15NO3/c1-11(17(19)20)22-18(21)16-14-8-4-2-6-12(14)10-13-7-3-5-9-15(13)16/h2-11H,1H3,(H2,19,20)/t11-/m1/s1. The molecule has 22 heavy (non-hydrogen) atoms. The van der Waals surface area contributed by atoms with Gasteiger partial charge in [0.25, 0.3) is 5.91 Å². The fourth-order valence-corrected chi connectivity index (χ4v) is 2.51. The molecule has 0 unspecified atom stereocenters. The first-order chi connectivity index (χ1) is 10.6. The predicted molar refractivity (Wildman–Crippen MR) is 85.5 cm³/mol.